The van der Waals surface area contributed by atoms with Crippen LogP contribution < -0.4 is 0 Å². The first-order chi connectivity index (χ1) is 6.02. The lowest BCUT2D eigenvalue weighted by Crippen LogP contribution is -2.13. The maximum atomic E-state index is 10.3. The van der Waals surface area contributed by atoms with Crippen LogP contribution in [0.25, 0.3) is 0 Å². The highest BCUT2D eigenvalue weighted by atomic mass is 16.3. The van der Waals surface area contributed by atoms with Gasteiger partial charge in [-0.3, -0.25) is 0 Å². The van der Waals surface area contributed by atoms with Crippen LogP contribution in [0, 0.1) is 5.41 Å². The largest absolute Gasteiger partial charge is 0.393 e. The van der Waals surface area contributed by atoms with Gasteiger partial charge in [-0.05, 0) is 24.7 Å². The van der Waals surface area contributed by atoms with Gasteiger partial charge in [0.15, 0.2) is 0 Å². The summed E-state index contributed by atoms with van der Waals surface area (Å²) >= 11 is 0. The molecule has 0 aliphatic heterocycles. The smallest absolute Gasteiger partial charge is 0.120 e. The van der Waals surface area contributed by atoms with E-state index in [9.17, 15) is 9.90 Å². The van der Waals surface area contributed by atoms with Gasteiger partial charge in [-0.25, -0.2) is 0 Å². The predicted octanol–water partition coefficient (Wildman–Crippen LogP) is 2.54. The number of aldehydes is 1. The van der Waals surface area contributed by atoms with Crippen molar-refractivity contribution in [3.8, 4) is 0 Å². The molecule has 0 saturated heterocycles. The first-order valence-corrected chi connectivity index (χ1v) is 5.13. The van der Waals surface area contributed by atoms with Crippen LogP contribution in [0.5, 0.6) is 0 Å². The monoisotopic (exact) mass is 186 g/mol. The van der Waals surface area contributed by atoms with E-state index >= 15 is 0 Å². The average molecular weight is 186 g/mol. The first-order valence-electron chi connectivity index (χ1n) is 5.13. The number of rotatable bonds is 7. The van der Waals surface area contributed by atoms with Crippen molar-refractivity contribution < 1.29 is 9.90 Å². The molecular formula is C11H22O2. The quantitative estimate of drug-likeness (QED) is 0.620. The normalized spacial score (nSPS) is 14.2. The number of carbonyl (C=O) groups is 1. The fourth-order valence-electron chi connectivity index (χ4n) is 1.35. The molecule has 2 nitrogen and oxygen atoms in total. The summed E-state index contributed by atoms with van der Waals surface area (Å²) in [6.45, 7) is 6.18. The van der Waals surface area contributed by atoms with Gasteiger partial charge >= 0.3 is 0 Å². The van der Waals surface area contributed by atoms with E-state index in [1.54, 1.807) is 0 Å². The Hall–Kier alpha value is -0.370. The van der Waals surface area contributed by atoms with E-state index in [0.717, 1.165) is 32.0 Å². The molecule has 0 rings (SSSR count). The van der Waals surface area contributed by atoms with Gasteiger partial charge in [0.1, 0.15) is 6.29 Å². The van der Waals surface area contributed by atoms with E-state index in [1.807, 2.05) is 6.92 Å². The number of hydrogen-bond acceptors (Lipinski definition) is 2. The van der Waals surface area contributed by atoms with Crippen molar-refractivity contribution in [2.75, 3.05) is 0 Å². The molecule has 0 aromatic carbocycles. The molecule has 78 valence electrons. The summed E-state index contributed by atoms with van der Waals surface area (Å²) in [6.07, 6.45) is 5.16. The van der Waals surface area contributed by atoms with Crippen molar-refractivity contribution in [3.63, 3.8) is 0 Å². The third-order valence-electron chi connectivity index (χ3n) is 2.50. The van der Waals surface area contributed by atoms with Gasteiger partial charge in [0.05, 0.1) is 6.10 Å². The fourth-order valence-corrected chi connectivity index (χ4v) is 1.35. The molecule has 0 aliphatic carbocycles. The van der Waals surface area contributed by atoms with Crippen LogP contribution in [0.4, 0.5) is 0 Å². The Labute approximate surface area is 81.3 Å². The minimum Gasteiger partial charge on any atom is -0.393 e. The van der Waals surface area contributed by atoms with Gasteiger partial charge in [-0.1, -0.05) is 27.2 Å². The Kier molecular flexibility index (Phi) is 5.97. The summed E-state index contributed by atoms with van der Waals surface area (Å²) in [7, 11) is 0. The van der Waals surface area contributed by atoms with E-state index in [2.05, 4.69) is 13.8 Å². The number of aliphatic hydroxyl groups is 1. The summed E-state index contributed by atoms with van der Waals surface area (Å²) < 4.78 is 0. The Balaban J connectivity index is 3.56. The third kappa shape index (κ3) is 6.76. The van der Waals surface area contributed by atoms with Gasteiger partial charge in [0.2, 0.25) is 0 Å². The molecule has 1 N–H and O–H groups in total. The van der Waals surface area contributed by atoms with Crippen LogP contribution >= 0.6 is 0 Å². The molecule has 13 heavy (non-hydrogen) atoms. The zero-order valence-corrected chi connectivity index (χ0v) is 9.05. The van der Waals surface area contributed by atoms with Gasteiger partial charge in [-0.2, -0.15) is 0 Å². The van der Waals surface area contributed by atoms with E-state index in [0.29, 0.717) is 6.42 Å². The fraction of sp³-hybridized carbons (Fsp3) is 0.909. The molecule has 0 aromatic heterocycles. The van der Waals surface area contributed by atoms with Crippen LogP contribution in [0.15, 0.2) is 0 Å². The number of carbonyl (C=O) groups excluding carboxylic acids is 1. The van der Waals surface area contributed by atoms with Crippen LogP contribution in [0.1, 0.15) is 52.9 Å². The number of hydrogen-bond donors (Lipinski definition) is 1. The zero-order chi connectivity index (χ0) is 10.3. The molecule has 1 unspecified atom stereocenters. The molecule has 0 fully saturated rings. The molecule has 0 radical (unpaired) electrons. The average Bonchev–Trinajstić information content (AvgIpc) is 2.03. The standard InChI is InChI=1S/C11H22O2/c1-4-10(13)6-5-7-11(2,3)8-9-12/h9-10,13H,4-8H2,1-3H3. The summed E-state index contributed by atoms with van der Waals surface area (Å²) in [5.74, 6) is 0. The SMILES string of the molecule is CCC(O)CCCC(C)(C)CC=O. The highest BCUT2D eigenvalue weighted by molar-refractivity contribution is 5.50. The summed E-state index contributed by atoms with van der Waals surface area (Å²) in [4.78, 5) is 10.3. The molecule has 0 spiro atoms. The summed E-state index contributed by atoms with van der Waals surface area (Å²) in [5, 5.41) is 9.32. The summed E-state index contributed by atoms with van der Waals surface area (Å²) in [5.41, 5.74) is 0.106. The maximum Gasteiger partial charge on any atom is 0.120 e. The molecule has 1 atom stereocenters. The second-order valence-electron chi connectivity index (χ2n) is 4.49. The van der Waals surface area contributed by atoms with Crippen molar-refractivity contribution >= 4 is 6.29 Å². The van der Waals surface area contributed by atoms with Crippen LogP contribution in [0.2, 0.25) is 0 Å². The van der Waals surface area contributed by atoms with Crippen molar-refractivity contribution in [2.45, 2.75) is 59.0 Å². The Morgan fingerprint density at radius 2 is 2.08 bits per heavy atom. The molecule has 0 saturated carbocycles. The lowest BCUT2D eigenvalue weighted by Gasteiger charge is -2.21. The highest BCUT2D eigenvalue weighted by Gasteiger charge is 2.16. The van der Waals surface area contributed by atoms with Crippen molar-refractivity contribution in [1.29, 1.82) is 0 Å². The summed E-state index contributed by atoms with van der Waals surface area (Å²) in [6, 6.07) is 0. The van der Waals surface area contributed by atoms with Crippen molar-refractivity contribution in [2.24, 2.45) is 5.41 Å². The lowest BCUT2D eigenvalue weighted by atomic mass is 9.84. The highest BCUT2D eigenvalue weighted by Crippen LogP contribution is 2.26. The minimum atomic E-state index is -0.160. The van der Waals surface area contributed by atoms with E-state index in [1.165, 1.54) is 0 Å². The molecule has 0 aliphatic rings. The van der Waals surface area contributed by atoms with Crippen molar-refractivity contribution in [3.05, 3.63) is 0 Å². The van der Waals surface area contributed by atoms with Gasteiger partial charge in [0.25, 0.3) is 0 Å². The maximum absolute atomic E-state index is 10.3. The minimum absolute atomic E-state index is 0.106. The topological polar surface area (TPSA) is 37.3 Å². The number of aliphatic hydroxyl groups excluding tert-OH is 1. The van der Waals surface area contributed by atoms with Crippen molar-refractivity contribution in [1.82, 2.24) is 0 Å². The molecule has 2 heteroatoms. The Bertz CT molecular complexity index is 141. The third-order valence-corrected chi connectivity index (χ3v) is 2.50. The van der Waals surface area contributed by atoms with E-state index < -0.39 is 0 Å². The van der Waals surface area contributed by atoms with Crippen LogP contribution in [-0.2, 0) is 4.79 Å². The Morgan fingerprint density at radius 3 is 2.54 bits per heavy atom. The molecule has 0 bridgehead atoms. The van der Waals surface area contributed by atoms with E-state index in [-0.39, 0.29) is 11.5 Å². The van der Waals surface area contributed by atoms with E-state index in [4.69, 9.17) is 0 Å². The molecule has 0 heterocycles. The second-order valence-corrected chi connectivity index (χ2v) is 4.49. The van der Waals surface area contributed by atoms with Gasteiger partial charge in [-0.15, -0.1) is 0 Å². The van der Waals surface area contributed by atoms with Crippen LogP contribution in [0.3, 0.4) is 0 Å². The van der Waals surface area contributed by atoms with Gasteiger partial charge < -0.3 is 9.90 Å². The second kappa shape index (κ2) is 6.14. The van der Waals surface area contributed by atoms with Crippen LogP contribution in [-0.4, -0.2) is 17.5 Å². The first kappa shape index (κ1) is 12.6. The molecule has 0 aromatic rings. The van der Waals surface area contributed by atoms with Gasteiger partial charge in [0, 0.05) is 6.42 Å². The Morgan fingerprint density at radius 1 is 1.46 bits per heavy atom. The predicted molar refractivity (Wildman–Crippen MR) is 54.6 cm³/mol. The molecule has 0 amide bonds. The molecular weight excluding hydrogens is 164 g/mol. The lowest BCUT2D eigenvalue weighted by molar-refractivity contribution is -0.109. The zero-order valence-electron chi connectivity index (χ0n) is 9.05.